The molecule has 0 heterocycles. The molecule has 0 fully saturated rings. The maximum Gasteiger partial charge on any atom is 0.165 e. The van der Waals surface area contributed by atoms with Gasteiger partial charge in [0.1, 0.15) is 0 Å². The zero-order valence-corrected chi connectivity index (χ0v) is 10.1. The van der Waals surface area contributed by atoms with E-state index in [1.54, 1.807) is 12.1 Å². The van der Waals surface area contributed by atoms with E-state index in [9.17, 15) is 4.79 Å². The second-order valence-corrected chi connectivity index (χ2v) is 2.17. The first-order chi connectivity index (χ1) is 7.24. The fourth-order valence-corrected chi connectivity index (χ4v) is 0.751. The number of hydrogen-bond donors (Lipinski definition) is 1. The van der Waals surface area contributed by atoms with Gasteiger partial charge in [0.25, 0.3) is 0 Å². The zero-order valence-electron chi connectivity index (χ0n) is 10.1. The number of carbonyl (C=O) groups is 1. The molecule has 0 saturated heterocycles. The lowest BCUT2D eigenvalue weighted by molar-refractivity contribution is -0.137. The van der Waals surface area contributed by atoms with Crippen molar-refractivity contribution in [3.8, 4) is 5.75 Å². The van der Waals surface area contributed by atoms with Crippen LogP contribution in [0.2, 0.25) is 0 Å². The van der Waals surface area contributed by atoms with Crippen molar-refractivity contribution < 1.29 is 14.9 Å². The molecule has 0 bridgehead atoms. The molecule has 0 aliphatic heterocycles. The highest BCUT2D eigenvalue weighted by Gasteiger charge is 1.98. The van der Waals surface area contributed by atoms with E-state index in [1.807, 2.05) is 27.7 Å². The number of benzene rings is 1. The first kappa shape index (κ1) is 16.1. The molecule has 0 saturated carbocycles. The van der Waals surface area contributed by atoms with Crippen LogP contribution in [0.3, 0.4) is 0 Å². The van der Waals surface area contributed by atoms with Crippen LogP contribution in [-0.4, -0.2) is 11.0 Å². The van der Waals surface area contributed by atoms with Gasteiger partial charge in [-0.25, -0.2) is 5.26 Å². The summed E-state index contributed by atoms with van der Waals surface area (Å²) in [6, 6.07) is 6.23. The topological polar surface area (TPSA) is 46.5 Å². The fourth-order valence-electron chi connectivity index (χ4n) is 0.751. The number of carbonyl (C=O) groups excluding carboxylic acids is 1. The van der Waals surface area contributed by atoms with E-state index in [0.717, 1.165) is 0 Å². The van der Waals surface area contributed by atoms with E-state index in [1.165, 1.54) is 19.1 Å². The van der Waals surface area contributed by atoms with Gasteiger partial charge in [0, 0.05) is 5.56 Å². The van der Waals surface area contributed by atoms with Crippen LogP contribution >= 0.6 is 0 Å². The summed E-state index contributed by atoms with van der Waals surface area (Å²) in [5.74, 6) is 0.324. The van der Waals surface area contributed by atoms with Gasteiger partial charge in [0.05, 0.1) is 0 Å². The van der Waals surface area contributed by atoms with Crippen molar-refractivity contribution >= 4 is 5.78 Å². The third-order valence-corrected chi connectivity index (χ3v) is 1.37. The molecule has 1 aromatic carbocycles. The Bertz CT molecular complexity index is 252. The predicted molar refractivity (Wildman–Crippen MR) is 62.4 cm³/mol. The zero-order chi connectivity index (χ0) is 12.3. The second-order valence-electron chi connectivity index (χ2n) is 2.17. The Balaban J connectivity index is 0. The molecule has 0 radical (unpaired) electrons. The Kier molecular flexibility index (Phi) is 11.5. The number of ketones is 1. The van der Waals surface area contributed by atoms with Crippen molar-refractivity contribution in [3.05, 3.63) is 29.8 Å². The SMILES string of the molecule is CC.CC.CC(=O)c1ccc(OO)cc1. The molecule has 0 atom stereocenters. The van der Waals surface area contributed by atoms with Crippen LogP contribution in [-0.2, 0) is 0 Å². The van der Waals surface area contributed by atoms with Gasteiger partial charge >= 0.3 is 0 Å². The molecule has 0 spiro atoms. The minimum absolute atomic E-state index is 0.00510. The molecule has 86 valence electrons. The van der Waals surface area contributed by atoms with Crippen LogP contribution in [0.1, 0.15) is 45.0 Å². The Morgan fingerprint density at radius 1 is 1.07 bits per heavy atom. The quantitative estimate of drug-likeness (QED) is 0.461. The van der Waals surface area contributed by atoms with Gasteiger partial charge in [-0.1, -0.05) is 27.7 Å². The maximum absolute atomic E-state index is 10.7. The van der Waals surface area contributed by atoms with Gasteiger partial charge in [0.15, 0.2) is 11.5 Å². The van der Waals surface area contributed by atoms with E-state index < -0.39 is 0 Å². The standard InChI is InChI=1S/C8H8O3.2C2H6/c1-6(9)7-2-4-8(11-10)5-3-7;2*1-2/h2-5,10H,1H3;2*1-2H3. The third kappa shape index (κ3) is 6.69. The normalized spacial score (nSPS) is 7.60. The van der Waals surface area contributed by atoms with Crippen LogP contribution in [0.5, 0.6) is 5.75 Å². The van der Waals surface area contributed by atoms with Crippen molar-refractivity contribution in [1.29, 1.82) is 0 Å². The van der Waals surface area contributed by atoms with Gasteiger partial charge in [-0.2, -0.15) is 0 Å². The van der Waals surface area contributed by atoms with Gasteiger partial charge in [-0.15, -0.1) is 0 Å². The molecular weight excluding hydrogens is 192 g/mol. The monoisotopic (exact) mass is 212 g/mol. The van der Waals surface area contributed by atoms with Gasteiger partial charge in [-0.05, 0) is 31.2 Å². The molecule has 1 N–H and O–H groups in total. The Morgan fingerprint density at radius 3 is 1.73 bits per heavy atom. The summed E-state index contributed by atoms with van der Waals surface area (Å²) in [6.45, 7) is 9.48. The average Bonchev–Trinajstić information content (AvgIpc) is 2.34. The Hall–Kier alpha value is -1.35. The predicted octanol–water partition coefficient (Wildman–Crippen LogP) is 3.79. The highest BCUT2D eigenvalue weighted by molar-refractivity contribution is 5.94. The van der Waals surface area contributed by atoms with E-state index in [4.69, 9.17) is 5.26 Å². The lowest BCUT2D eigenvalue weighted by Gasteiger charge is -1.96. The van der Waals surface area contributed by atoms with Crippen molar-refractivity contribution in [2.24, 2.45) is 0 Å². The second kappa shape index (κ2) is 10.7. The van der Waals surface area contributed by atoms with E-state index in [0.29, 0.717) is 11.3 Å². The van der Waals surface area contributed by atoms with Gasteiger partial charge in [-0.3, -0.25) is 4.79 Å². The number of Topliss-reactive ketones (excluding diaryl/α,β-unsaturated/α-hetero) is 1. The molecule has 1 aromatic rings. The summed E-state index contributed by atoms with van der Waals surface area (Å²) in [5, 5.41) is 8.18. The minimum atomic E-state index is -0.00510. The first-order valence-corrected chi connectivity index (χ1v) is 5.16. The molecule has 0 aliphatic rings. The summed E-state index contributed by atoms with van der Waals surface area (Å²) in [5.41, 5.74) is 0.603. The van der Waals surface area contributed by atoms with Crippen molar-refractivity contribution in [2.45, 2.75) is 34.6 Å². The molecular formula is C12H20O3. The van der Waals surface area contributed by atoms with E-state index in [-0.39, 0.29) is 5.78 Å². The molecule has 0 aliphatic carbocycles. The summed E-state index contributed by atoms with van der Waals surface area (Å²) < 4.78 is 0. The summed E-state index contributed by atoms with van der Waals surface area (Å²) >= 11 is 0. The molecule has 15 heavy (non-hydrogen) atoms. The molecule has 1 rings (SSSR count). The summed E-state index contributed by atoms with van der Waals surface area (Å²) in [6.07, 6.45) is 0. The van der Waals surface area contributed by atoms with E-state index in [2.05, 4.69) is 4.89 Å². The average molecular weight is 212 g/mol. The third-order valence-electron chi connectivity index (χ3n) is 1.37. The summed E-state index contributed by atoms with van der Waals surface area (Å²) in [7, 11) is 0. The minimum Gasteiger partial charge on any atom is -0.340 e. The van der Waals surface area contributed by atoms with Gasteiger partial charge in [0.2, 0.25) is 0 Å². The smallest absolute Gasteiger partial charge is 0.165 e. The van der Waals surface area contributed by atoms with Crippen LogP contribution < -0.4 is 4.89 Å². The Labute approximate surface area is 91.6 Å². The lowest BCUT2D eigenvalue weighted by Crippen LogP contribution is -1.91. The van der Waals surface area contributed by atoms with Crippen LogP contribution in [0.15, 0.2) is 24.3 Å². The lowest BCUT2D eigenvalue weighted by atomic mass is 10.1. The number of hydrogen-bond acceptors (Lipinski definition) is 3. The maximum atomic E-state index is 10.7. The van der Waals surface area contributed by atoms with Crippen molar-refractivity contribution in [3.63, 3.8) is 0 Å². The fraction of sp³-hybridized carbons (Fsp3) is 0.417. The molecule has 3 heteroatoms. The first-order valence-electron chi connectivity index (χ1n) is 5.16. The number of rotatable bonds is 2. The van der Waals surface area contributed by atoms with Crippen molar-refractivity contribution in [1.82, 2.24) is 0 Å². The van der Waals surface area contributed by atoms with Crippen LogP contribution in [0.25, 0.3) is 0 Å². The molecule has 0 aromatic heterocycles. The highest BCUT2D eigenvalue weighted by atomic mass is 17.1. The molecule has 3 nitrogen and oxygen atoms in total. The largest absolute Gasteiger partial charge is 0.340 e. The molecule has 0 amide bonds. The van der Waals surface area contributed by atoms with Crippen molar-refractivity contribution in [2.75, 3.05) is 0 Å². The summed E-state index contributed by atoms with van der Waals surface area (Å²) in [4.78, 5) is 14.7. The van der Waals surface area contributed by atoms with E-state index >= 15 is 0 Å². The molecule has 0 unspecified atom stereocenters. The van der Waals surface area contributed by atoms with Crippen LogP contribution in [0.4, 0.5) is 0 Å². The van der Waals surface area contributed by atoms with Crippen LogP contribution in [0, 0.1) is 0 Å². The Morgan fingerprint density at radius 2 is 1.47 bits per heavy atom. The van der Waals surface area contributed by atoms with Gasteiger partial charge < -0.3 is 4.89 Å². The highest BCUT2D eigenvalue weighted by Crippen LogP contribution is 2.10.